The molecule has 0 amide bonds. The highest BCUT2D eigenvalue weighted by Gasteiger charge is 2.36. The van der Waals surface area contributed by atoms with Crippen LogP contribution in [0.15, 0.2) is 0 Å². The van der Waals surface area contributed by atoms with E-state index in [1.165, 1.54) is 128 Å². The van der Waals surface area contributed by atoms with Gasteiger partial charge in [0, 0.05) is 0 Å². The first-order valence-electron chi connectivity index (χ1n) is 14.8. The second-order valence-electron chi connectivity index (χ2n) is 10.6. The van der Waals surface area contributed by atoms with Gasteiger partial charge in [0.1, 0.15) is 18.3 Å². The molecule has 1 heterocycles. The van der Waals surface area contributed by atoms with Gasteiger partial charge in [0.05, 0.1) is 12.7 Å². The summed E-state index contributed by atoms with van der Waals surface area (Å²) in [5.74, 6) is 0. The van der Waals surface area contributed by atoms with Crippen LogP contribution in [0.1, 0.15) is 155 Å². The van der Waals surface area contributed by atoms with Crippen LogP contribution in [-0.4, -0.2) is 46.3 Å². The molecule has 0 aromatic rings. The van der Waals surface area contributed by atoms with Crippen molar-refractivity contribution in [3.63, 3.8) is 0 Å². The van der Waals surface area contributed by atoms with Gasteiger partial charge in [-0.05, 0) is 6.42 Å². The molecule has 0 radical (unpaired) electrons. The number of unbranched alkanes of at least 4 members (excludes halogenated alkanes) is 21. The van der Waals surface area contributed by atoms with Crippen LogP contribution in [0.25, 0.3) is 0 Å². The molecule has 0 bridgehead atoms. The highest BCUT2D eigenvalue weighted by molar-refractivity contribution is 4.86. The van der Waals surface area contributed by atoms with Gasteiger partial charge < -0.3 is 20.1 Å². The maximum Gasteiger partial charge on any atom is 0.111 e. The van der Waals surface area contributed by atoms with Gasteiger partial charge in [0.25, 0.3) is 0 Å². The highest BCUT2D eigenvalue weighted by atomic mass is 16.5. The second-order valence-corrected chi connectivity index (χ2v) is 10.6. The fourth-order valence-corrected chi connectivity index (χ4v) is 5.08. The summed E-state index contributed by atoms with van der Waals surface area (Å²) in [7, 11) is 0. The zero-order valence-electron chi connectivity index (χ0n) is 22.0. The highest BCUT2D eigenvalue weighted by Crippen LogP contribution is 2.21. The summed E-state index contributed by atoms with van der Waals surface area (Å²) in [4.78, 5) is 0. The molecule has 0 aromatic carbocycles. The minimum absolute atomic E-state index is 0.127. The zero-order valence-corrected chi connectivity index (χ0v) is 22.0. The second kappa shape index (κ2) is 22.3. The molecule has 4 atom stereocenters. The van der Waals surface area contributed by atoms with E-state index in [-0.39, 0.29) is 12.7 Å². The van der Waals surface area contributed by atoms with E-state index in [1.807, 2.05) is 0 Å². The largest absolute Gasteiger partial charge is 0.388 e. The SMILES string of the molecule is CCCCCCCCCCCCCCCCCCCCCCCCC1OC[C@@H](O)[C@H](O)[C@H]1O. The standard InChI is InChI=1S/C29H58O4/c1-2-3-4-5-6-7-8-9-10-11-12-13-14-15-16-17-18-19-20-21-22-23-24-27-29(32)28(31)26(30)25-33-27/h26-32H,2-25H2,1H3/t26-,27?,28+,29+/m1/s1. The van der Waals surface area contributed by atoms with Crippen molar-refractivity contribution in [1.82, 2.24) is 0 Å². The van der Waals surface area contributed by atoms with Crippen molar-refractivity contribution in [2.45, 2.75) is 179 Å². The minimum Gasteiger partial charge on any atom is -0.388 e. The van der Waals surface area contributed by atoms with Gasteiger partial charge in [-0.3, -0.25) is 0 Å². The van der Waals surface area contributed by atoms with Gasteiger partial charge in [-0.25, -0.2) is 0 Å². The first kappa shape index (κ1) is 30.9. The first-order chi connectivity index (χ1) is 16.2. The molecular formula is C29H58O4. The number of hydrogen-bond donors (Lipinski definition) is 3. The number of rotatable bonds is 23. The minimum atomic E-state index is -1.07. The first-order valence-corrected chi connectivity index (χ1v) is 14.8. The van der Waals surface area contributed by atoms with E-state index in [4.69, 9.17) is 4.74 Å². The maximum absolute atomic E-state index is 9.94. The zero-order chi connectivity index (χ0) is 24.0. The molecule has 0 aromatic heterocycles. The molecule has 1 aliphatic heterocycles. The van der Waals surface area contributed by atoms with Crippen molar-refractivity contribution in [2.24, 2.45) is 0 Å². The number of aliphatic hydroxyl groups is 3. The lowest BCUT2D eigenvalue weighted by molar-refractivity contribution is -0.188. The predicted octanol–water partition coefficient (Wildman–Crippen LogP) is 7.46. The molecule has 1 aliphatic rings. The molecular weight excluding hydrogens is 412 g/mol. The summed E-state index contributed by atoms with van der Waals surface area (Å²) in [6, 6.07) is 0. The number of ether oxygens (including phenoxy) is 1. The van der Waals surface area contributed by atoms with Crippen LogP contribution in [-0.2, 0) is 4.74 Å². The Labute approximate surface area is 205 Å². The van der Waals surface area contributed by atoms with Crippen LogP contribution in [0.5, 0.6) is 0 Å². The Bertz CT molecular complexity index is 403. The molecule has 3 N–H and O–H groups in total. The Kier molecular flexibility index (Phi) is 20.9. The third-order valence-corrected chi connectivity index (χ3v) is 7.45. The van der Waals surface area contributed by atoms with E-state index in [0.29, 0.717) is 0 Å². The van der Waals surface area contributed by atoms with Gasteiger partial charge in [-0.1, -0.05) is 148 Å². The molecule has 1 rings (SSSR count). The third-order valence-electron chi connectivity index (χ3n) is 7.45. The third kappa shape index (κ3) is 17.0. The topological polar surface area (TPSA) is 69.9 Å². The van der Waals surface area contributed by atoms with Crippen molar-refractivity contribution in [2.75, 3.05) is 6.61 Å². The summed E-state index contributed by atoms with van der Waals surface area (Å²) in [6.07, 6.45) is 27.8. The van der Waals surface area contributed by atoms with Crippen LogP contribution in [0.3, 0.4) is 0 Å². The molecule has 0 aliphatic carbocycles. The molecule has 0 spiro atoms. The van der Waals surface area contributed by atoms with Gasteiger partial charge in [0.2, 0.25) is 0 Å². The molecule has 4 nitrogen and oxygen atoms in total. The van der Waals surface area contributed by atoms with E-state index >= 15 is 0 Å². The van der Waals surface area contributed by atoms with Crippen molar-refractivity contribution < 1.29 is 20.1 Å². The Morgan fingerprint density at radius 3 is 1.18 bits per heavy atom. The lowest BCUT2D eigenvalue weighted by atomic mass is 9.95. The van der Waals surface area contributed by atoms with Gasteiger partial charge >= 0.3 is 0 Å². The van der Waals surface area contributed by atoms with Crippen molar-refractivity contribution in [3.05, 3.63) is 0 Å². The van der Waals surface area contributed by atoms with Crippen molar-refractivity contribution >= 4 is 0 Å². The summed E-state index contributed by atoms with van der Waals surface area (Å²) in [5.41, 5.74) is 0. The van der Waals surface area contributed by atoms with Gasteiger partial charge in [-0.15, -0.1) is 0 Å². The van der Waals surface area contributed by atoms with E-state index < -0.39 is 18.3 Å². The Morgan fingerprint density at radius 2 is 0.818 bits per heavy atom. The molecule has 1 unspecified atom stereocenters. The monoisotopic (exact) mass is 470 g/mol. The van der Waals surface area contributed by atoms with E-state index in [1.54, 1.807) is 0 Å². The molecule has 1 saturated heterocycles. The molecule has 4 heteroatoms. The van der Waals surface area contributed by atoms with E-state index in [2.05, 4.69) is 6.92 Å². The summed E-state index contributed by atoms with van der Waals surface area (Å²) in [6.45, 7) is 2.42. The van der Waals surface area contributed by atoms with Crippen molar-refractivity contribution in [1.29, 1.82) is 0 Å². The van der Waals surface area contributed by atoms with Gasteiger partial charge in [-0.2, -0.15) is 0 Å². The number of hydrogen-bond acceptors (Lipinski definition) is 4. The smallest absolute Gasteiger partial charge is 0.111 e. The Hall–Kier alpha value is -0.160. The molecule has 1 fully saturated rings. The van der Waals surface area contributed by atoms with E-state index in [0.717, 1.165) is 19.3 Å². The van der Waals surface area contributed by atoms with Crippen LogP contribution in [0, 0.1) is 0 Å². The fraction of sp³-hybridized carbons (Fsp3) is 1.00. The van der Waals surface area contributed by atoms with Crippen LogP contribution in [0.2, 0.25) is 0 Å². The Balaban J connectivity index is 1.71. The van der Waals surface area contributed by atoms with Gasteiger partial charge in [0.15, 0.2) is 0 Å². The van der Waals surface area contributed by atoms with Crippen LogP contribution < -0.4 is 0 Å². The fourth-order valence-electron chi connectivity index (χ4n) is 5.08. The predicted molar refractivity (Wildman–Crippen MR) is 140 cm³/mol. The molecule has 0 saturated carbocycles. The quantitative estimate of drug-likeness (QED) is 0.136. The average molecular weight is 471 g/mol. The summed E-state index contributed by atoms with van der Waals surface area (Å²) < 4.78 is 5.46. The summed E-state index contributed by atoms with van der Waals surface area (Å²) in [5, 5.41) is 29.1. The normalized spacial score (nSPS) is 23.3. The maximum atomic E-state index is 9.94. The van der Waals surface area contributed by atoms with Crippen LogP contribution in [0.4, 0.5) is 0 Å². The van der Waals surface area contributed by atoms with Crippen molar-refractivity contribution in [3.8, 4) is 0 Å². The molecule has 198 valence electrons. The average Bonchev–Trinajstić information content (AvgIpc) is 2.82. The summed E-state index contributed by atoms with van der Waals surface area (Å²) >= 11 is 0. The van der Waals surface area contributed by atoms with E-state index in [9.17, 15) is 15.3 Å². The van der Waals surface area contributed by atoms with Crippen LogP contribution >= 0.6 is 0 Å². The molecule has 33 heavy (non-hydrogen) atoms. The Morgan fingerprint density at radius 1 is 0.485 bits per heavy atom. The number of aliphatic hydroxyl groups excluding tert-OH is 3. The lowest BCUT2D eigenvalue weighted by Gasteiger charge is -2.35. The lowest BCUT2D eigenvalue weighted by Crippen LogP contribution is -2.52.